The summed E-state index contributed by atoms with van der Waals surface area (Å²) < 4.78 is 5.46. The maximum Gasteiger partial charge on any atom is 0.254 e. The second-order valence-electron chi connectivity index (χ2n) is 7.74. The minimum absolute atomic E-state index is 0.0517. The van der Waals surface area contributed by atoms with Gasteiger partial charge >= 0.3 is 0 Å². The molecule has 2 aromatic rings. The van der Waals surface area contributed by atoms with Crippen LogP contribution in [0.3, 0.4) is 0 Å². The molecule has 0 saturated carbocycles. The van der Waals surface area contributed by atoms with Crippen molar-refractivity contribution >= 4 is 28.6 Å². The van der Waals surface area contributed by atoms with Crippen molar-refractivity contribution in [2.45, 2.75) is 39.0 Å². The van der Waals surface area contributed by atoms with Crippen LogP contribution in [0.25, 0.3) is 10.9 Å². The molecule has 1 aliphatic rings. The summed E-state index contributed by atoms with van der Waals surface area (Å²) in [6, 6.07) is 7.27. The number of primary amides is 1. The minimum Gasteiger partial charge on any atom is -0.495 e. The van der Waals surface area contributed by atoms with E-state index in [1.165, 1.54) is 7.11 Å². The molecule has 1 aromatic carbocycles. The number of amides is 3. The average Bonchev–Trinajstić information content (AvgIpc) is 2.78. The molecule has 0 unspecified atom stereocenters. The third-order valence-corrected chi connectivity index (χ3v) is 5.67. The number of carbonyl (C=O) groups is 3. The van der Waals surface area contributed by atoms with E-state index >= 15 is 0 Å². The van der Waals surface area contributed by atoms with Gasteiger partial charge in [0.05, 0.1) is 24.7 Å². The highest BCUT2D eigenvalue weighted by molar-refractivity contribution is 6.03. The van der Waals surface area contributed by atoms with Gasteiger partial charge in [-0.25, -0.2) is 0 Å². The zero-order valence-electron chi connectivity index (χ0n) is 18.2. The largest absolute Gasteiger partial charge is 0.495 e. The highest BCUT2D eigenvalue weighted by atomic mass is 16.5. The number of hydrogen-bond acceptors (Lipinski definition) is 5. The van der Waals surface area contributed by atoms with Crippen molar-refractivity contribution in [2.75, 3.05) is 33.3 Å². The SMILES string of the molecule is CCCCCC(=O)N1CCN(C(=O)Cc2nc3ccccc3c(OC)c2C(N)=O)CC1. The number of aromatic nitrogens is 1. The summed E-state index contributed by atoms with van der Waals surface area (Å²) in [5.41, 5.74) is 6.69. The number of hydrogen-bond donors (Lipinski definition) is 1. The van der Waals surface area contributed by atoms with E-state index in [9.17, 15) is 14.4 Å². The first-order chi connectivity index (χ1) is 15.0. The minimum atomic E-state index is -0.680. The Bertz CT molecular complexity index is 967. The molecule has 2 N–H and O–H groups in total. The molecule has 166 valence electrons. The van der Waals surface area contributed by atoms with Crippen LogP contribution in [-0.2, 0) is 16.0 Å². The van der Waals surface area contributed by atoms with Crippen LogP contribution in [0.1, 0.15) is 48.7 Å². The van der Waals surface area contributed by atoms with Gasteiger partial charge in [0.2, 0.25) is 11.8 Å². The number of methoxy groups -OCH3 is 1. The van der Waals surface area contributed by atoms with Gasteiger partial charge < -0.3 is 20.3 Å². The maximum absolute atomic E-state index is 13.0. The molecule has 1 fully saturated rings. The Morgan fingerprint density at radius 2 is 1.68 bits per heavy atom. The summed E-state index contributed by atoms with van der Waals surface area (Å²) in [5.74, 6) is -0.341. The second kappa shape index (κ2) is 10.2. The maximum atomic E-state index is 13.0. The first-order valence-electron chi connectivity index (χ1n) is 10.8. The number of unbranched alkanes of at least 4 members (excludes halogenated alkanes) is 2. The van der Waals surface area contributed by atoms with Gasteiger partial charge in [0.1, 0.15) is 11.3 Å². The predicted molar refractivity (Wildman–Crippen MR) is 118 cm³/mol. The summed E-state index contributed by atoms with van der Waals surface area (Å²) in [5, 5.41) is 0.671. The molecular weight excluding hydrogens is 396 g/mol. The third-order valence-electron chi connectivity index (χ3n) is 5.67. The highest BCUT2D eigenvalue weighted by Gasteiger charge is 2.27. The fourth-order valence-corrected chi connectivity index (χ4v) is 3.97. The normalized spacial score (nSPS) is 14.0. The van der Waals surface area contributed by atoms with E-state index in [2.05, 4.69) is 11.9 Å². The van der Waals surface area contributed by atoms with E-state index < -0.39 is 5.91 Å². The van der Waals surface area contributed by atoms with E-state index in [0.717, 1.165) is 19.3 Å². The van der Waals surface area contributed by atoms with E-state index in [1.54, 1.807) is 17.0 Å². The van der Waals surface area contributed by atoms with Gasteiger partial charge in [-0.3, -0.25) is 19.4 Å². The first-order valence-corrected chi connectivity index (χ1v) is 10.8. The molecule has 2 heterocycles. The number of para-hydroxylation sites is 1. The lowest BCUT2D eigenvalue weighted by molar-refractivity contribution is -0.139. The Labute approximate surface area is 182 Å². The van der Waals surface area contributed by atoms with Crippen LogP contribution in [0, 0.1) is 0 Å². The molecule has 0 aliphatic carbocycles. The number of piperazine rings is 1. The van der Waals surface area contributed by atoms with E-state index in [1.807, 2.05) is 17.0 Å². The van der Waals surface area contributed by atoms with E-state index in [0.29, 0.717) is 54.9 Å². The van der Waals surface area contributed by atoms with E-state index in [4.69, 9.17) is 10.5 Å². The fourth-order valence-electron chi connectivity index (χ4n) is 3.97. The number of ether oxygens (including phenoxy) is 1. The fraction of sp³-hybridized carbons (Fsp3) is 0.478. The average molecular weight is 427 g/mol. The zero-order chi connectivity index (χ0) is 22.4. The number of rotatable bonds is 8. The van der Waals surface area contributed by atoms with Crippen LogP contribution in [0.4, 0.5) is 0 Å². The molecule has 0 atom stereocenters. The van der Waals surface area contributed by atoms with Crippen molar-refractivity contribution in [1.82, 2.24) is 14.8 Å². The van der Waals surface area contributed by atoms with Gasteiger partial charge in [0.15, 0.2) is 0 Å². The zero-order valence-corrected chi connectivity index (χ0v) is 18.2. The molecule has 8 heteroatoms. The van der Waals surface area contributed by atoms with Crippen LogP contribution in [0.5, 0.6) is 5.75 Å². The molecule has 31 heavy (non-hydrogen) atoms. The Balaban J connectivity index is 1.72. The number of nitrogens with two attached hydrogens (primary N) is 1. The quantitative estimate of drug-likeness (QED) is 0.651. The molecule has 1 aliphatic heterocycles. The van der Waals surface area contributed by atoms with Crippen molar-refractivity contribution in [1.29, 1.82) is 0 Å². The van der Waals surface area contributed by atoms with Gasteiger partial charge in [-0.2, -0.15) is 0 Å². The Morgan fingerprint density at radius 3 is 2.29 bits per heavy atom. The highest BCUT2D eigenvalue weighted by Crippen LogP contribution is 2.31. The van der Waals surface area contributed by atoms with Crippen molar-refractivity contribution in [2.24, 2.45) is 5.73 Å². The van der Waals surface area contributed by atoms with Gasteiger partial charge in [0, 0.05) is 38.0 Å². The lowest BCUT2D eigenvalue weighted by Crippen LogP contribution is -2.51. The van der Waals surface area contributed by atoms with Crippen molar-refractivity contribution < 1.29 is 19.1 Å². The van der Waals surface area contributed by atoms with Crippen LogP contribution >= 0.6 is 0 Å². The third kappa shape index (κ3) is 5.13. The molecule has 0 bridgehead atoms. The molecular formula is C23H30N4O4. The number of carbonyl (C=O) groups excluding carboxylic acids is 3. The number of benzene rings is 1. The van der Waals surface area contributed by atoms with Gasteiger partial charge in [-0.05, 0) is 18.6 Å². The summed E-state index contributed by atoms with van der Waals surface area (Å²) in [4.78, 5) is 45.5. The smallest absolute Gasteiger partial charge is 0.254 e. The lowest BCUT2D eigenvalue weighted by atomic mass is 10.0. The molecule has 3 rings (SSSR count). The van der Waals surface area contributed by atoms with Crippen molar-refractivity contribution in [3.63, 3.8) is 0 Å². The van der Waals surface area contributed by atoms with Gasteiger partial charge in [0.25, 0.3) is 5.91 Å². The first kappa shape index (κ1) is 22.5. The number of nitrogens with zero attached hydrogens (tertiary/aromatic N) is 3. The number of fused-ring (bicyclic) bond motifs is 1. The second-order valence-corrected chi connectivity index (χ2v) is 7.74. The van der Waals surface area contributed by atoms with Crippen molar-refractivity contribution in [3.05, 3.63) is 35.5 Å². The standard InChI is InChI=1S/C23H30N4O4/c1-3-4-5-10-19(28)26-11-13-27(14-12-26)20(29)15-18-21(23(24)30)22(31-2)16-8-6-7-9-17(16)25-18/h6-9H,3-5,10-15H2,1-2H3,(H2,24,30). The monoisotopic (exact) mass is 426 g/mol. The molecule has 3 amide bonds. The number of pyridine rings is 1. The molecule has 1 aromatic heterocycles. The van der Waals surface area contributed by atoms with Crippen LogP contribution in [-0.4, -0.2) is 65.8 Å². The predicted octanol–water partition coefficient (Wildman–Crippen LogP) is 2.14. The summed E-state index contributed by atoms with van der Waals surface area (Å²) >= 11 is 0. The summed E-state index contributed by atoms with van der Waals surface area (Å²) in [7, 11) is 1.47. The van der Waals surface area contributed by atoms with Crippen molar-refractivity contribution in [3.8, 4) is 5.75 Å². The van der Waals surface area contributed by atoms with Crippen LogP contribution in [0.2, 0.25) is 0 Å². The lowest BCUT2D eigenvalue weighted by Gasteiger charge is -2.35. The molecule has 8 nitrogen and oxygen atoms in total. The van der Waals surface area contributed by atoms with Gasteiger partial charge in [-0.15, -0.1) is 0 Å². The topological polar surface area (TPSA) is 106 Å². The molecule has 1 saturated heterocycles. The van der Waals surface area contributed by atoms with Crippen LogP contribution in [0.15, 0.2) is 24.3 Å². The molecule has 0 radical (unpaired) electrons. The Hall–Kier alpha value is -3.16. The summed E-state index contributed by atoms with van der Waals surface area (Å²) in [6.07, 6.45) is 3.54. The van der Waals surface area contributed by atoms with Crippen LogP contribution < -0.4 is 10.5 Å². The Morgan fingerprint density at radius 1 is 1.03 bits per heavy atom. The van der Waals surface area contributed by atoms with E-state index in [-0.39, 0.29) is 23.8 Å². The van der Waals surface area contributed by atoms with Gasteiger partial charge in [-0.1, -0.05) is 31.9 Å². The summed E-state index contributed by atoms with van der Waals surface area (Å²) in [6.45, 7) is 4.09. The molecule has 0 spiro atoms. The Kier molecular flexibility index (Phi) is 7.44.